The molecule has 0 aromatic heterocycles. The minimum atomic E-state index is -0.377. The van der Waals surface area contributed by atoms with Crippen LogP contribution in [0.2, 0.25) is 10.0 Å². The predicted octanol–water partition coefficient (Wildman–Crippen LogP) is 4.32. The van der Waals surface area contributed by atoms with Crippen molar-refractivity contribution in [2.75, 3.05) is 26.2 Å². The Labute approximate surface area is 168 Å². The lowest BCUT2D eigenvalue weighted by Gasteiger charge is -2.36. The summed E-state index contributed by atoms with van der Waals surface area (Å²) in [4.78, 5) is 4.50. The van der Waals surface area contributed by atoms with Crippen molar-refractivity contribution in [3.8, 4) is 0 Å². The van der Waals surface area contributed by atoms with Crippen molar-refractivity contribution in [3.05, 3.63) is 69.5 Å². The van der Waals surface area contributed by atoms with Gasteiger partial charge in [0.1, 0.15) is 5.82 Å². The highest BCUT2D eigenvalue weighted by Gasteiger charge is 2.19. The highest BCUT2D eigenvalue weighted by Crippen LogP contribution is 2.18. The molecule has 2 aromatic carbocycles. The normalized spacial score (nSPS) is 15.1. The third-order valence-electron chi connectivity index (χ3n) is 4.41. The average Bonchev–Trinajstić information content (AvgIpc) is 2.65. The summed E-state index contributed by atoms with van der Waals surface area (Å²) in [6.45, 7) is 4.97. The average molecular weight is 412 g/mol. The molecule has 138 valence electrons. The van der Waals surface area contributed by atoms with Crippen LogP contribution in [0.5, 0.6) is 0 Å². The first-order chi connectivity index (χ1) is 12.5. The van der Waals surface area contributed by atoms with Gasteiger partial charge in [-0.2, -0.15) is 0 Å². The van der Waals surface area contributed by atoms with Gasteiger partial charge in [-0.05, 0) is 47.6 Å². The molecule has 0 unspecified atom stereocenters. The van der Waals surface area contributed by atoms with Gasteiger partial charge in [0.15, 0.2) is 5.11 Å². The van der Waals surface area contributed by atoms with Crippen LogP contribution >= 0.6 is 35.4 Å². The van der Waals surface area contributed by atoms with E-state index in [0.717, 1.165) is 54.0 Å². The molecule has 0 radical (unpaired) electrons. The van der Waals surface area contributed by atoms with Crippen molar-refractivity contribution < 1.29 is 4.39 Å². The second-order valence-corrected chi connectivity index (χ2v) is 7.53. The zero-order valence-corrected chi connectivity index (χ0v) is 16.5. The molecular weight excluding hydrogens is 392 g/mol. The number of benzene rings is 2. The second-order valence-electron chi connectivity index (χ2n) is 6.30. The van der Waals surface area contributed by atoms with E-state index in [0.29, 0.717) is 6.54 Å². The first-order valence-corrected chi connectivity index (χ1v) is 9.61. The molecule has 0 saturated carbocycles. The molecule has 7 heteroatoms. The molecule has 3 rings (SSSR count). The molecule has 3 nitrogen and oxygen atoms in total. The van der Waals surface area contributed by atoms with Gasteiger partial charge in [-0.15, -0.1) is 0 Å². The van der Waals surface area contributed by atoms with Crippen molar-refractivity contribution in [3.63, 3.8) is 0 Å². The van der Waals surface area contributed by atoms with Crippen LogP contribution in [0.1, 0.15) is 11.1 Å². The fraction of sp³-hybridized carbons (Fsp3) is 0.316. The maximum atomic E-state index is 13.3. The highest BCUT2D eigenvalue weighted by atomic mass is 35.5. The Kier molecular flexibility index (Phi) is 6.70. The van der Waals surface area contributed by atoms with Crippen LogP contribution in [0, 0.1) is 5.82 Å². The summed E-state index contributed by atoms with van der Waals surface area (Å²) < 4.78 is 13.3. The zero-order chi connectivity index (χ0) is 18.5. The summed E-state index contributed by atoms with van der Waals surface area (Å²) >= 11 is 17.3. The van der Waals surface area contributed by atoms with Crippen LogP contribution in [0.3, 0.4) is 0 Å². The van der Waals surface area contributed by atoms with Crippen LogP contribution in [-0.4, -0.2) is 41.1 Å². The van der Waals surface area contributed by atoms with Crippen LogP contribution in [-0.2, 0) is 13.1 Å². The molecule has 1 aliphatic rings. The van der Waals surface area contributed by atoms with Crippen LogP contribution in [0.25, 0.3) is 0 Å². The third kappa shape index (κ3) is 5.30. The number of halogens is 3. The minimum absolute atomic E-state index is 0.175. The van der Waals surface area contributed by atoms with Gasteiger partial charge < -0.3 is 10.2 Å². The largest absolute Gasteiger partial charge is 0.358 e. The van der Waals surface area contributed by atoms with Gasteiger partial charge in [0.25, 0.3) is 0 Å². The number of rotatable bonds is 4. The third-order valence-corrected chi connectivity index (χ3v) is 5.35. The summed E-state index contributed by atoms with van der Waals surface area (Å²) in [5.41, 5.74) is 2.16. The Hall–Kier alpha value is -1.40. The van der Waals surface area contributed by atoms with E-state index in [2.05, 4.69) is 15.1 Å². The molecule has 26 heavy (non-hydrogen) atoms. The lowest BCUT2D eigenvalue weighted by Crippen LogP contribution is -2.51. The summed E-state index contributed by atoms with van der Waals surface area (Å²) in [5, 5.41) is 4.98. The van der Waals surface area contributed by atoms with E-state index in [1.807, 2.05) is 24.3 Å². The quantitative estimate of drug-likeness (QED) is 0.754. The summed E-state index contributed by atoms with van der Waals surface area (Å²) in [7, 11) is 0. The second kappa shape index (κ2) is 9.00. The van der Waals surface area contributed by atoms with E-state index in [4.69, 9.17) is 35.4 Å². The molecular formula is C19H20Cl2FN3S. The fourth-order valence-electron chi connectivity index (χ4n) is 2.90. The zero-order valence-electron chi connectivity index (χ0n) is 14.2. The van der Waals surface area contributed by atoms with Gasteiger partial charge in [0.2, 0.25) is 0 Å². The SMILES string of the molecule is Fc1ccc(CN2CCN(C(=S)NCc3ccc(Cl)cc3)CC2)cc1Cl. The summed E-state index contributed by atoms with van der Waals surface area (Å²) in [6, 6.07) is 12.6. The maximum Gasteiger partial charge on any atom is 0.169 e. The molecule has 1 heterocycles. The van der Waals surface area contributed by atoms with Crippen LogP contribution in [0.15, 0.2) is 42.5 Å². The van der Waals surface area contributed by atoms with Crippen molar-refractivity contribution >= 4 is 40.5 Å². The van der Waals surface area contributed by atoms with Crippen molar-refractivity contribution in [2.24, 2.45) is 0 Å². The van der Waals surface area contributed by atoms with Gasteiger partial charge in [-0.1, -0.05) is 41.4 Å². The molecule has 1 N–H and O–H groups in total. The number of thiocarbonyl (C=S) groups is 1. The van der Waals surface area contributed by atoms with Crippen molar-refractivity contribution in [1.82, 2.24) is 15.1 Å². The van der Waals surface area contributed by atoms with Crippen LogP contribution in [0.4, 0.5) is 4.39 Å². The number of nitrogens with zero attached hydrogens (tertiary/aromatic N) is 2. The lowest BCUT2D eigenvalue weighted by atomic mass is 10.2. The van der Waals surface area contributed by atoms with Gasteiger partial charge in [-0.25, -0.2) is 4.39 Å². The molecule has 1 fully saturated rings. The summed E-state index contributed by atoms with van der Waals surface area (Å²) in [6.07, 6.45) is 0. The molecule has 0 aliphatic carbocycles. The maximum absolute atomic E-state index is 13.3. The highest BCUT2D eigenvalue weighted by molar-refractivity contribution is 7.80. The van der Waals surface area contributed by atoms with E-state index in [1.165, 1.54) is 6.07 Å². The number of nitrogens with one attached hydrogen (secondary N) is 1. The molecule has 1 saturated heterocycles. The predicted molar refractivity (Wildman–Crippen MR) is 109 cm³/mol. The van der Waals surface area contributed by atoms with E-state index < -0.39 is 0 Å². The molecule has 0 amide bonds. The van der Waals surface area contributed by atoms with Crippen molar-refractivity contribution in [2.45, 2.75) is 13.1 Å². The van der Waals surface area contributed by atoms with Gasteiger partial charge in [-0.3, -0.25) is 4.90 Å². The lowest BCUT2D eigenvalue weighted by molar-refractivity contribution is 0.174. The Morgan fingerprint density at radius 3 is 2.31 bits per heavy atom. The first kappa shape index (κ1) is 19.4. The monoisotopic (exact) mass is 411 g/mol. The Bertz CT molecular complexity index is 762. The van der Waals surface area contributed by atoms with Gasteiger partial charge in [0, 0.05) is 44.3 Å². The van der Waals surface area contributed by atoms with E-state index >= 15 is 0 Å². The van der Waals surface area contributed by atoms with Gasteiger partial charge in [0.05, 0.1) is 5.02 Å². The molecule has 2 aromatic rings. The number of piperazine rings is 1. The minimum Gasteiger partial charge on any atom is -0.358 e. The van der Waals surface area contributed by atoms with Crippen LogP contribution < -0.4 is 5.32 Å². The van der Waals surface area contributed by atoms with E-state index in [-0.39, 0.29) is 10.8 Å². The number of hydrogen-bond acceptors (Lipinski definition) is 2. The standard InChI is InChI=1S/C19H20Cl2FN3S/c20-16-4-1-14(2-5-16)12-23-19(26)25-9-7-24(8-10-25)13-15-3-6-18(22)17(21)11-15/h1-6,11H,7-10,12-13H2,(H,23,26). The topological polar surface area (TPSA) is 18.5 Å². The number of hydrogen-bond donors (Lipinski definition) is 1. The van der Waals surface area contributed by atoms with E-state index in [1.54, 1.807) is 12.1 Å². The van der Waals surface area contributed by atoms with Crippen molar-refractivity contribution in [1.29, 1.82) is 0 Å². The smallest absolute Gasteiger partial charge is 0.169 e. The molecule has 0 spiro atoms. The Morgan fingerprint density at radius 2 is 1.65 bits per heavy atom. The fourth-order valence-corrected chi connectivity index (χ4v) is 3.48. The Balaban J connectivity index is 1.44. The first-order valence-electron chi connectivity index (χ1n) is 8.45. The van der Waals surface area contributed by atoms with E-state index in [9.17, 15) is 4.39 Å². The summed E-state index contributed by atoms with van der Waals surface area (Å²) in [5.74, 6) is -0.377. The molecule has 0 bridgehead atoms. The van der Waals surface area contributed by atoms with Gasteiger partial charge >= 0.3 is 0 Å². The molecule has 0 atom stereocenters. The Morgan fingerprint density at radius 1 is 1.00 bits per heavy atom. The molecule has 1 aliphatic heterocycles.